The highest BCUT2D eigenvalue weighted by molar-refractivity contribution is 5.04. The van der Waals surface area contributed by atoms with Gasteiger partial charge in [0, 0.05) is 0 Å². The lowest BCUT2D eigenvalue weighted by Crippen LogP contribution is -2.44. The fourth-order valence-electron chi connectivity index (χ4n) is 5.51. The van der Waals surface area contributed by atoms with E-state index in [4.69, 9.17) is 28.4 Å². The third kappa shape index (κ3) is 9.35. The minimum absolute atomic E-state index is 0.328. The van der Waals surface area contributed by atoms with Gasteiger partial charge in [-0.15, -0.1) is 0 Å². The first kappa shape index (κ1) is 30.6. The van der Waals surface area contributed by atoms with Crippen LogP contribution < -0.4 is 0 Å². The molecule has 0 saturated carbocycles. The molecule has 37 heavy (non-hydrogen) atoms. The molecule has 6 atom stereocenters. The number of fused-ring (bicyclic) bond motifs is 1. The summed E-state index contributed by atoms with van der Waals surface area (Å²) < 4.78 is 36.4. The number of unbranched alkanes of at least 4 members (excludes halogenated alkanes) is 11. The summed E-state index contributed by atoms with van der Waals surface area (Å²) in [6.45, 7) is 13.9. The van der Waals surface area contributed by atoms with E-state index in [1.165, 1.54) is 64.2 Å². The van der Waals surface area contributed by atoms with Gasteiger partial charge in [-0.2, -0.15) is 0 Å². The molecule has 0 bridgehead atoms. The molecular formula is C30H52O7. The zero-order valence-corrected chi connectivity index (χ0v) is 24.0. The summed E-state index contributed by atoms with van der Waals surface area (Å²) in [6.07, 6.45) is 12.9. The molecule has 7 heteroatoms. The molecule has 3 saturated heterocycles. The Balaban J connectivity index is 1.40. The van der Waals surface area contributed by atoms with Crippen LogP contribution in [0.25, 0.3) is 0 Å². The van der Waals surface area contributed by atoms with Crippen molar-refractivity contribution in [3.8, 4) is 0 Å². The summed E-state index contributed by atoms with van der Waals surface area (Å²) in [7, 11) is 0. The topological polar surface area (TPSA) is 75.6 Å². The van der Waals surface area contributed by atoms with E-state index < -0.39 is 42.3 Å². The van der Waals surface area contributed by atoms with Crippen molar-refractivity contribution in [1.29, 1.82) is 0 Å². The van der Waals surface area contributed by atoms with Crippen LogP contribution in [0, 0.1) is 0 Å². The van der Waals surface area contributed by atoms with Crippen LogP contribution in [0.3, 0.4) is 0 Å². The molecule has 1 N–H and O–H groups in total. The Hall–Kier alpha value is -0.920. The van der Waals surface area contributed by atoms with Crippen molar-refractivity contribution in [1.82, 2.24) is 0 Å². The third-order valence-electron chi connectivity index (χ3n) is 7.49. The predicted molar refractivity (Wildman–Crippen MR) is 143 cm³/mol. The van der Waals surface area contributed by atoms with Crippen LogP contribution in [0.5, 0.6) is 0 Å². The number of aliphatic hydroxyl groups excluding tert-OH is 1. The predicted octanol–water partition coefficient (Wildman–Crippen LogP) is 6.52. The van der Waals surface area contributed by atoms with Gasteiger partial charge >= 0.3 is 0 Å². The molecule has 3 rings (SSSR count). The standard InChI is InChI=1S/C30H52O7/c1-7-9-10-11-12-13-14-15-16-17-18-19-20-22(31)23(8-2)33-26-25(24-21-32-29(3,4)35-24)34-28-27(26)36-30(5,6)37-28/h22,24-28,31H,2,7,9-21H2,1,3-6H3/t22-,24+,25+,26+,27-,28-/m1/s1. The summed E-state index contributed by atoms with van der Waals surface area (Å²) in [5, 5.41) is 10.9. The lowest BCUT2D eigenvalue weighted by molar-refractivity contribution is -0.234. The first-order valence-corrected chi connectivity index (χ1v) is 14.7. The highest BCUT2D eigenvalue weighted by Gasteiger charge is 2.59. The first-order chi connectivity index (χ1) is 17.7. The van der Waals surface area contributed by atoms with E-state index >= 15 is 0 Å². The molecule has 0 aromatic rings. The first-order valence-electron chi connectivity index (χ1n) is 14.7. The van der Waals surface area contributed by atoms with Gasteiger partial charge in [0.1, 0.15) is 18.3 Å². The number of ether oxygens (including phenoxy) is 6. The second-order valence-electron chi connectivity index (χ2n) is 11.8. The molecule has 3 fully saturated rings. The Morgan fingerprint density at radius 3 is 2.00 bits per heavy atom. The summed E-state index contributed by atoms with van der Waals surface area (Å²) in [5.74, 6) is -1.14. The van der Waals surface area contributed by atoms with Crippen molar-refractivity contribution in [2.45, 2.75) is 166 Å². The lowest BCUT2D eigenvalue weighted by Gasteiger charge is -2.30. The van der Waals surface area contributed by atoms with Gasteiger partial charge in [0.05, 0.1) is 6.61 Å². The normalized spacial score (nSPS) is 30.7. The molecule has 0 amide bonds. The van der Waals surface area contributed by atoms with Crippen LogP contribution in [0.1, 0.15) is 118 Å². The highest BCUT2D eigenvalue weighted by atomic mass is 16.8. The zero-order chi connectivity index (χ0) is 26.9. The van der Waals surface area contributed by atoms with Gasteiger partial charge in [-0.05, 0) is 34.1 Å². The molecule has 0 radical (unpaired) electrons. The van der Waals surface area contributed by atoms with Gasteiger partial charge in [0.25, 0.3) is 0 Å². The molecule has 0 aromatic heterocycles. The van der Waals surface area contributed by atoms with Gasteiger partial charge in [0.2, 0.25) is 0 Å². The van der Waals surface area contributed by atoms with Crippen molar-refractivity contribution >= 4 is 0 Å². The smallest absolute Gasteiger partial charge is 0.191 e. The van der Waals surface area contributed by atoms with E-state index in [-0.39, 0.29) is 6.10 Å². The fraction of sp³-hybridized carbons (Fsp3) is 0.900. The van der Waals surface area contributed by atoms with E-state index in [9.17, 15) is 5.11 Å². The second-order valence-corrected chi connectivity index (χ2v) is 11.8. The van der Waals surface area contributed by atoms with Gasteiger partial charge in [-0.1, -0.05) is 96.3 Å². The van der Waals surface area contributed by atoms with E-state index in [1.807, 2.05) is 27.7 Å². The van der Waals surface area contributed by atoms with Gasteiger partial charge in [-0.25, -0.2) is 0 Å². The largest absolute Gasteiger partial charge is 0.478 e. The monoisotopic (exact) mass is 524 g/mol. The molecule has 214 valence electrons. The van der Waals surface area contributed by atoms with Gasteiger partial charge in [0.15, 0.2) is 35.8 Å². The van der Waals surface area contributed by atoms with Crippen LogP contribution in [-0.2, 0) is 28.4 Å². The van der Waals surface area contributed by atoms with Crippen LogP contribution >= 0.6 is 0 Å². The van der Waals surface area contributed by atoms with Crippen molar-refractivity contribution in [3.05, 3.63) is 18.1 Å². The average Bonchev–Trinajstić information content (AvgIpc) is 3.46. The van der Waals surface area contributed by atoms with Crippen molar-refractivity contribution in [3.63, 3.8) is 0 Å². The average molecular weight is 525 g/mol. The summed E-state index contributed by atoms with van der Waals surface area (Å²) in [4.78, 5) is 0. The maximum atomic E-state index is 10.9. The maximum Gasteiger partial charge on any atom is 0.191 e. The van der Waals surface area contributed by atoms with E-state index in [1.54, 1.807) is 0 Å². The second kappa shape index (κ2) is 14.5. The molecule has 3 heterocycles. The Morgan fingerprint density at radius 1 is 0.865 bits per heavy atom. The molecular weight excluding hydrogens is 472 g/mol. The number of aliphatic hydroxyl groups is 1. The maximum absolute atomic E-state index is 10.9. The van der Waals surface area contributed by atoms with Gasteiger partial charge < -0.3 is 33.5 Å². The summed E-state index contributed by atoms with van der Waals surface area (Å²) in [5.41, 5.74) is 2.82. The molecule has 0 aliphatic carbocycles. The minimum Gasteiger partial charge on any atom is -0.478 e. The van der Waals surface area contributed by atoms with E-state index in [0.717, 1.165) is 12.8 Å². The van der Waals surface area contributed by atoms with Crippen LogP contribution in [0.2, 0.25) is 0 Å². The Bertz CT molecular complexity index is 729. The minimum atomic E-state index is -0.778. The molecule has 3 aliphatic heterocycles. The SMILES string of the molecule is C=C=C(O[C@H]1[C@H]([C@@H]2COC(C)(C)O2)O[C@@H]2OC(C)(C)O[C@@H]21)[C@H](O)CCCCCCCCCCCCCC. The quantitative estimate of drug-likeness (QED) is 0.132. The zero-order valence-electron chi connectivity index (χ0n) is 24.0. The Morgan fingerprint density at radius 2 is 1.46 bits per heavy atom. The van der Waals surface area contributed by atoms with Crippen LogP contribution in [0.4, 0.5) is 0 Å². The summed E-state index contributed by atoms with van der Waals surface area (Å²) in [6, 6.07) is 0. The molecule has 7 nitrogen and oxygen atoms in total. The molecule has 0 aromatic carbocycles. The Labute approximate surface area is 224 Å². The number of hydrogen-bond donors (Lipinski definition) is 1. The van der Waals surface area contributed by atoms with Crippen molar-refractivity contribution < 1.29 is 33.5 Å². The summed E-state index contributed by atoms with van der Waals surface area (Å²) >= 11 is 0. The molecule has 0 spiro atoms. The third-order valence-corrected chi connectivity index (χ3v) is 7.49. The van der Waals surface area contributed by atoms with E-state index in [2.05, 4.69) is 19.2 Å². The Kier molecular flexibility index (Phi) is 12.0. The van der Waals surface area contributed by atoms with Crippen LogP contribution in [-0.4, -0.2) is 60.1 Å². The van der Waals surface area contributed by atoms with E-state index in [0.29, 0.717) is 18.8 Å². The van der Waals surface area contributed by atoms with Crippen molar-refractivity contribution in [2.75, 3.05) is 6.61 Å². The lowest BCUT2D eigenvalue weighted by atomic mass is 10.0. The fourth-order valence-corrected chi connectivity index (χ4v) is 5.51. The molecule has 0 unspecified atom stereocenters. The number of rotatable bonds is 17. The highest BCUT2D eigenvalue weighted by Crippen LogP contribution is 2.42. The number of hydrogen-bond acceptors (Lipinski definition) is 7. The van der Waals surface area contributed by atoms with Gasteiger partial charge in [-0.3, -0.25) is 0 Å². The van der Waals surface area contributed by atoms with Crippen molar-refractivity contribution in [2.24, 2.45) is 0 Å². The van der Waals surface area contributed by atoms with Crippen LogP contribution in [0.15, 0.2) is 18.1 Å². The molecule has 3 aliphatic rings.